The molecule has 1 aliphatic rings. The lowest BCUT2D eigenvalue weighted by Crippen LogP contribution is -2.29. The highest BCUT2D eigenvalue weighted by atomic mass is 16.5. The van der Waals surface area contributed by atoms with Crippen molar-refractivity contribution in [1.82, 2.24) is 0 Å². The van der Waals surface area contributed by atoms with Crippen molar-refractivity contribution in [1.29, 1.82) is 0 Å². The lowest BCUT2D eigenvalue weighted by molar-refractivity contribution is -0.136. The maximum Gasteiger partial charge on any atom is 0.305 e. The predicted octanol–water partition coefficient (Wildman–Crippen LogP) is 2.70. The van der Waals surface area contributed by atoms with Crippen LogP contribution in [-0.2, 0) is 4.79 Å². The Morgan fingerprint density at radius 2 is 2.16 bits per heavy atom. The molecule has 0 bridgehead atoms. The molecule has 1 aliphatic carbocycles. The molecule has 0 saturated carbocycles. The molecule has 0 atom stereocenters. The Morgan fingerprint density at radius 3 is 2.74 bits per heavy atom. The van der Waals surface area contributed by atoms with Gasteiger partial charge in [-0.2, -0.15) is 0 Å². The van der Waals surface area contributed by atoms with E-state index in [9.17, 15) is 4.79 Å². The first-order valence-electron chi connectivity index (χ1n) is 6.48. The van der Waals surface area contributed by atoms with Gasteiger partial charge in [-0.1, -0.05) is 23.8 Å². The molecule has 1 aromatic carbocycles. The van der Waals surface area contributed by atoms with E-state index in [1.807, 2.05) is 24.3 Å². The number of para-hydroxylation sites is 2. The molecule has 1 N–H and O–H groups in total. The minimum atomic E-state index is -0.775. The summed E-state index contributed by atoms with van der Waals surface area (Å²) in [7, 11) is 1.64. The predicted molar refractivity (Wildman–Crippen MR) is 74.8 cm³/mol. The van der Waals surface area contributed by atoms with Gasteiger partial charge in [-0.15, -0.1) is 0 Å². The van der Waals surface area contributed by atoms with Crippen LogP contribution in [0.2, 0.25) is 0 Å². The number of hydrogen-bond acceptors (Lipinski definition) is 3. The number of aliphatic carboxylic acids is 1. The van der Waals surface area contributed by atoms with E-state index in [4.69, 9.17) is 9.84 Å². The fourth-order valence-electron chi connectivity index (χ4n) is 2.14. The standard InChI is InChI=1S/C15H19NO3/c1-19-14-8-3-2-7-13(14)16(10-9-15(17)18)11-12-5-4-6-12/h2-3,5,7-8H,4,6,9-11H2,1H3,(H,17,18). The number of ether oxygens (including phenoxy) is 1. The molecule has 0 amide bonds. The molecule has 0 heterocycles. The van der Waals surface area contributed by atoms with E-state index in [0.717, 1.165) is 30.8 Å². The van der Waals surface area contributed by atoms with Crippen LogP contribution in [0.25, 0.3) is 0 Å². The summed E-state index contributed by atoms with van der Waals surface area (Å²) >= 11 is 0. The zero-order valence-corrected chi connectivity index (χ0v) is 11.1. The highest BCUT2D eigenvalue weighted by Crippen LogP contribution is 2.30. The zero-order valence-electron chi connectivity index (χ0n) is 11.1. The summed E-state index contributed by atoms with van der Waals surface area (Å²) in [4.78, 5) is 12.9. The van der Waals surface area contributed by atoms with Gasteiger partial charge in [0.05, 0.1) is 19.2 Å². The molecular formula is C15H19NO3. The summed E-state index contributed by atoms with van der Waals surface area (Å²) in [6, 6.07) is 7.74. The number of nitrogens with zero attached hydrogens (tertiary/aromatic N) is 1. The van der Waals surface area contributed by atoms with Gasteiger partial charge in [0.25, 0.3) is 0 Å². The third kappa shape index (κ3) is 3.50. The summed E-state index contributed by atoms with van der Waals surface area (Å²) in [6.45, 7) is 1.28. The summed E-state index contributed by atoms with van der Waals surface area (Å²) in [5.41, 5.74) is 2.33. The summed E-state index contributed by atoms with van der Waals surface area (Å²) in [6.07, 6.45) is 4.58. The van der Waals surface area contributed by atoms with Crippen LogP contribution >= 0.6 is 0 Å². The molecular weight excluding hydrogens is 242 g/mol. The monoisotopic (exact) mass is 261 g/mol. The van der Waals surface area contributed by atoms with E-state index in [1.165, 1.54) is 5.57 Å². The number of allylic oxidation sites excluding steroid dienone is 1. The van der Waals surface area contributed by atoms with Crippen LogP contribution in [-0.4, -0.2) is 31.3 Å². The summed E-state index contributed by atoms with van der Waals surface area (Å²) in [5.74, 6) is 0.00954. The van der Waals surface area contributed by atoms with Crippen molar-refractivity contribution in [3.05, 3.63) is 35.9 Å². The minimum absolute atomic E-state index is 0.130. The lowest BCUT2D eigenvalue weighted by Gasteiger charge is -2.29. The molecule has 102 valence electrons. The van der Waals surface area contributed by atoms with Gasteiger partial charge < -0.3 is 14.7 Å². The first-order chi connectivity index (χ1) is 9.20. The smallest absolute Gasteiger partial charge is 0.305 e. The molecule has 4 heteroatoms. The van der Waals surface area contributed by atoms with Crippen molar-refractivity contribution in [3.8, 4) is 5.75 Å². The number of carboxylic acids is 1. The van der Waals surface area contributed by atoms with E-state index in [2.05, 4.69) is 11.0 Å². The molecule has 0 saturated heterocycles. The molecule has 4 nitrogen and oxygen atoms in total. The van der Waals surface area contributed by atoms with Gasteiger partial charge in [-0.05, 0) is 25.0 Å². The van der Waals surface area contributed by atoms with Crippen molar-refractivity contribution in [2.24, 2.45) is 0 Å². The van der Waals surface area contributed by atoms with Crippen LogP contribution < -0.4 is 9.64 Å². The van der Waals surface area contributed by atoms with Crippen molar-refractivity contribution < 1.29 is 14.6 Å². The average molecular weight is 261 g/mol. The molecule has 19 heavy (non-hydrogen) atoms. The maximum atomic E-state index is 10.8. The Bertz CT molecular complexity index is 482. The minimum Gasteiger partial charge on any atom is -0.495 e. The first-order valence-corrected chi connectivity index (χ1v) is 6.48. The molecule has 0 fully saturated rings. The number of carbonyl (C=O) groups is 1. The number of anilines is 1. The molecule has 0 unspecified atom stereocenters. The van der Waals surface area contributed by atoms with Gasteiger partial charge in [-0.3, -0.25) is 4.79 Å². The summed E-state index contributed by atoms with van der Waals surface area (Å²) in [5, 5.41) is 8.87. The molecule has 2 rings (SSSR count). The Balaban J connectivity index is 2.16. The SMILES string of the molecule is COc1ccccc1N(CCC(=O)O)CC1=CCC1. The van der Waals surface area contributed by atoms with Crippen molar-refractivity contribution >= 4 is 11.7 Å². The fraction of sp³-hybridized carbons (Fsp3) is 0.400. The number of methoxy groups -OCH3 is 1. The van der Waals surface area contributed by atoms with Gasteiger partial charge >= 0.3 is 5.97 Å². The van der Waals surface area contributed by atoms with Crippen molar-refractivity contribution in [2.75, 3.05) is 25.1 Å². The number of carboxylic acid groups (broad SMARTS) is 1. The number of rotatable bonds is 7. The van der Waals surface area contributed by atoms with E-state index in [-0.39, 0.29) is 6.42 Å². The van der Waals surface area contributed by atoms with E-state index < -0.39 is 5.97 Å². The Morgan fingerprint density at radius 1 is 1.42 bits per heavy atom. The Hall–Kier alpha value is -1.97. The van der Waals surface area contributed by atoms with Gasteiger partial charge in [0.2, 0.25) is 0 Å². The highest BCUT2D eigenvalue weighted by Gasteiger charge is 2.16. The van der Waals surface area contributed by atoms with Crippen LogP contribution in [0.1, 0.15) is 19.3 Å². The lowest BCUT2D eigenvalue weighted by atomic mass is 9.98. The van der Waals surface area contributed by atoms with Crippen LogP contribution in [0.4, 0.5) is 5.69 Å². The molecule has 0 aromatic heterocycles. The zero-order chi connectivity index (χ0) is 13.7. The topological polar surface area (TPSA) is 49.8 Å². The highest BCUT2D eigenvalue weighted by molar-refractivity contribution is 5.68. The van der Waals surface area contributed by atoms with E-state index in [1.54, 1.807) is 7.11 Å². The van der Waals surface area contributed by atoms with Gasteiger partial charge in [0.15, 0.2) is 0 Å². The molecule has 0 aliphatic heterocycles. The van der Waals surface area contributed by atoms with E-state index in [0.29, 0.717) is 6.54 Å². The van der Waals surface area contributed by atoms with Crippen LogP contribution in [0, 0.1) is 0 Å². The second kappa shape index (κ2) is 6.27. The third-order valence-electron chi connectivity index (χ3n) is 3.31. The van der Waals surface area contributed by atoms with E-state index >= 15 is 0 Å². The van der Waals surface area contributed by atoms with Gasteiger partial charge in [0.1, 0.15) is 5.75 Å². The van der Waals surface area contributed by atoms with Crippen LogP contribution in [0.5, 0.6) is 5.75 Å². The Kier molecular flexibility index (Phi) is 4.44. The first kappa shape index (κ1) is 13.5. The second-order valence-electron chi connectivity index (χ2n) is 4.64. The normalized spacial score (nSPS) is 13.4. The van der Waals surface area contributed by atoms with Crippen molar-refractivity contribution in [3.63, 3.8) is 0 Å². The number of hydrogen-bond donors (Lipinski definition) is 1. The maximum absolute atomic E-state index is 10.8. The van der Waals surface area contributed by atoms with Crippen LogP contribution in [0.15, 0.2) is 35.9 Å². The quantitative estimate of drug-likeness (QED) is 0.767. The second-order valence-corrected chi connectivity index (χ2v) is 4.64. The molecule has 1 aromatic rings. The third-order valence-corrected chi connectivity index (χ3v) is 3.31. The fourth-order valence-corrected chi connectivity index (χ4v) is 2.14. The van der Waals surface area contributed by atoms with Crippen LogP contribution in [0.3, 0.4) is 0 Å². The number of benzene rings is 1. The summed E-state index contributed by atoms with van der Waals surface area (Å²) < 4.78 is 5.36. The van der Waals surface area contributed by atoms with Gasteiger partial charge in [-0.25, -0.2) is 0 Å². The van der Waals surface area contributed by atoms with Gasteiger partial charge in [0, 0.05) is 13.1 Å². The Labute approximate surface area is 113 Å². The largest absolute Gasteiger partial charge is 0.495 e. The molecule has 0 spiro atoms. The van der Waals surface area contributed by atoms with Crippen molar-refractivity contribution in [2.45, 2.75) is 19.3 Å². The average Bonchev–Trinajstić information content (AvgIpc) is 2.36. The molecule has 0 radical (unpaired) electrons.